The van der Waals surface area contributed by atoms with E-state index >= 15 is 0 Å². The molecule has 25 heavy (non-hydrogen) atoms. The minimum atomic E-state index is -0.399. The SMILES string of the molecule is CCCCCCCCCCCCN1CCN(C(=O)OC(C)(C)C)CC1. The summed E-state index contributed by atoms with van der Waals surface area (Å²) in [5.74, 6) is 0. The van der Waals surface area contributed by atoms with Gasteiger partial charge in [-0.2, -0.15) is 0 Å². The van der Waals surface area contributed by atoms with Gasteiger partial charge in [-0.1, -0.05) is 64.7 Å². The zero-order valence-electron chi connectivity index (χ0n) is 17.3. The summed E-state index contributed by atoms with van der Waals surface area (Å²) in [6.45, 7) is 12.8. The van der Waals surface area contributed by atoms with E-state index in [0.29, 0.717) is 0 Å². The third-order valence-corrected chi connectivity index (χ3v) is 4.85. The van der Waals surface area contributed by atoms with Crippen molar-refractivity contribution in [3.8, 4) is 0 Å². The van der Waals surface area contributed by atoms with E-state index in [1.165, 1.54) is 70.8 Å². The summed E-state index contributed by atoms with van der Waals surface area (Å²) in [7, 11) is 0. The standard InChI is InChI=1S/C21H42N2O2/c1-5-6-7-8-9-10-11-12-13-14-15-22-16-18-23(19-17-22)20(24)25-21(2,3)4/h5-19H2,1-4H3. The average Bonchev–Trinajstić information content (AvgIpc) is 2.55. The molecule has 0 aromatic heterocycles. The van der Waals surface area contributed by atoms with Crippen molar-refractivity contribution >= 4 is 6.09 Å². The molecular weight excluding hydrogens is 312 g/mol. The van der Waals surface area contributed by atoms with Crippen molar-refractivity contribution < 1.29 is 9.53 Å². The lowest BCUT2D eigenvalue weighted by atomic mass is 10.1. The number of nitrogens with zero attached hydrogens (tertiary/aromatic N) is 2. The highest BCUT2D eigenvalue weighted by Crippen LogP contribution is 2.13. The lowest BCUT2D eigenvalue weighted by molar-refractivity contribution is 0.0144. The molecule has 1 saturated heterocycles. The number of piperazine rings is 1. The Morgan fingerprint density at radius 1 is 0.800 bits per heavy atom. The molecule has 148 valence electrons. The van der Waals surface area contributed by atoms with Gasteiger partial charge in [0.2, 0.25) is 0 Å². The Labute approximate surface area is 156 Å². The molecule has 0 aliphatic carbocycles. The zero-order chi connectivity index (χ0) is 18.5. The molecule has 0 atom stereocenters. The second-order valence-electron chi connectivity index (χ2n) is 8.49. The Morgan fingerprint density at radius 3 is 1.76 bits per heavy atom. The molecular formula is C21H42N2O2. The average molecular weight is 355 g/mol. The first-order chi connectivity index (χ1) is 11.9. The van der Waals surface area contributed by atoms with Crippen LogP contribution in [-0.4, -0.2) is 54.2 Å². The van der Waals surface area contributed by atoms with Gasteiger partial charge >= 0.3 is 6.09 Å². The normalized spacial score (nSPS) is 16.2. The first-order valence-corrected chi connectivity index (χ1v) is 10.6. The van der Waals surface area contributed by atoms with Crippen molar-refractivity contribution in [2.45, 2.75) is 97.5 Å². The number of hydrogen-bond acceptors (Lipinski definition) is 3. The number of carbonyl (C=O) groups excluding carboxylic acids is 1. The minimum Gasteiger partial charge on any atom is -0.444 e. The van der Waals surface area contributed by atoms with E-state index in [9.17, 15) is 4.79 Å². The van der Waals surface area contributed by atoms with Crippen molar-refractivity contribution in [3.05, 3.63) is 0 Å². The van der Waals surface area contributed by atoms with E-state index in [4.69, 9.17) is 4.74 Å². The Bertz CT molecular complexity index is 344. The van der Waals surface area contributed by atoms with E-state index in [2.05, 4.69) is 11.8 Å². The molecule has 1 fully saturated rings. The molecule has 1 heterocycles. The molecule has 4 nitrogen and oxygen atoms in total. The maximum atomic E-state index is 12.0. The van der Waals surface area contributed by atoms with Crippen molar-refractivity contribution in [2.75, 3.05) is 32.7 Å². The molecule has 0 aromatic carbocycles. The van der Waals surface area contributed by atoms with Crippen LogP contribution >= 0.6 is 0 Å². The lowest BCUT2D eigenvalue weighted by Crippen LogP contribution is -2.50. The van der Waals surface area contributed by atoms with Crippen LogP contribution in [0.1, 0.15) is 91.9 Å². The predicted molar refractivity (Wildman–Crippen MR) is 106 cm³/mol. The largest absolute Gasteiger partial charge is 0.444 e. The molecule has 1 aliphatic rings. The molecule has 0 bridgehead atoms. The molecule has 1 aliphatic heterocycles. The number of amides is 1. The van der Waals surface area contributed by atoms with E-state index in [1.807, 2.05) is 25.7 Å². The molecule has 1 rings (SSSR count). The molecule has 4 heteroatoms. The van der Waals surface area contributed by atoms with Crippen LogP contribution < -0.4 is 0 Å². The van der Waals surface area contributed by atoms with Crippen LogP contribution in [0.2, 0.25) is 0 Å². The first kappa shape index (κ1) is 22.3. The molecule has 0 saturated carbocycles. The topological polar surface area (TPSA) is 32.8 Å². The summed E-state index contributed by atoms with van der Waals surface area (Å²) in [5.41, 5.74) is -0.399. The smallest absolute Gasteiger partial charge is 0.410 e. The van der Waals surface area contributed by atoms with Crippen LogP contribution in [0.25, 0.3) is 0 Å². The van der Waals surface area contributed by atoms with Crippen LogP contribution in [-0.2, 0) is 4.74 Å². The summed E-state index contributed by atoms with van der Waals surface area (Å²) in [5, 5.41) is 0. The summed E-state index contributed by atoms with van der Waals surface area (Å²) < 4.78 is 5.45. The van der Waals surface area contributed by atoms with Crippen molar-refractivity contribution in [1.29, 1.82) is 0 Å². The summed E-state index contributed by atoms with van der Waals surface area (Å²) in [6, 6.07) is 0. The number of ether oxygens (including phenoxy) is 1. The van der Waals surface area contributed by atoms with Gasteiger partial charge in [0.15, 0.2) is 0 Å². The molecule has 1 amide bonds. The van der Waals surface area contributed by atoms with Gasteiger partial charge in [-0.15, -0.1) is 0 Å². The number of unbranched alkanes of at least 4 members (excludes halogenated alkanes) is 9. The summed E-state index contributed by atoms with van der Waals surface area (Å²) in [6.07, 6.45) is 13.7. The third-order valence-electron chi connectivity index (χ3n) is 4.85. The van der Waals surface area contributed by atoms with Gasteiger partial charge in [0.05, 0.1) is 0 Å². The molecule has 0 radical (unpaired) electrons. The molecule has 0 spiro atoms. The van der Waals surface area contributed by atoms with Crippen LogP contribution in [0.4, 0.5) is 4.79 Å². The second kappa shape index (κ2) is 12.6. The highest BCUT2D eigenvalue weighted by molar-refractivity contribution is 5.68. The highest BCUT2D eigenvalue weighted by atomic mass is 16.6. The Kier molecular flexibility index (Phi) is 11.2. The van der Waals surface area contributed by atoms with Crippen LogP contribution in [0.15, 0.2) is 0 Å². The fourth-order valence-corrected chi connectivity index (χ4v) is 3.30. The van der Waals surface area contributed by atoms with E-state index in [-0.39, 0.29) is 6.09 Å². The van der Waals surface area contributed by atoms with Gasteiger partial charge < -0.3 is 9.64 Å². The van der Waals surface area contributed by atoms with E-state index in [0.717, 1.165) is 26.2 Å². The van der Waals surface area contributed by atoms with Crippen molar-refractivity contribution in [1.82, 2.24) is 9.80 Å². The predicted octanol–water partition coefficient (Wildman–Crippen LogP) is 5.46. The van der Waals surface area contributed by atoms with Gasteiger partial charge in [0.1, 0.15) is 5.60 Å². The summed E-state index contributed by atoms with van der Waals surface area (Å²) >= 11 is 0. The fourth-order valence-electron chi connectivity index (χ4n) is 3.30. The van der Waals surface area contributed by atoms with Gasteiger partial charge in [-0.3, -0.25) is 4.90 Å². The number of carbonyl (C=O) groups is 1. The number of rotatable bonds is 11. The van der Waals surface area contributed by atoms with Crippen LogP contribution in [0.5, 0.6) is 0 Å². The second-order valence-corrected chi connectivity index (χ2v) is 8.49. The Morgan fingerprint density at radius 2 is 1.28 bits per heavy atom. The van der Waals surface area contributed by atoms with Crippen molar-refractivity contribution in [2.24, 2.45) is 0 Å². The molecule has 0 N–H and O–H groups in total. The quantitative estimate of drug-likeness (QED) is 0.462. The molecule has 0 aromatic rings. The van der Waals surface area contributed by atoms with E-state index in [1.54, 1.807) is 0 Å². The third kappa shape index (κ3) is 11.5. The van der Waals surface area contributed by atoms with Crippen LogP contribution in [0, 0.1) is 0 Å². The molecule has 0 unspecified atom stereocenters. The maximum absolute atomic E-state index is 12.0. The van der Waals surface area contributed by atoms with Gasteiger partial charge in [0.25, 0.3) is 0 Å². The fraction of sp³-hybridized carbons (Fsp3) is 0.952. The summed E-state index contributed by atoms with van der Waals surface area (Å²) in [4.78, 5) is 16.4. The Balaban J connectivity index is 1.96. The van der Waals surface area contributed by atoms with E-state index < -0.39 is 5.60 Å². The lowest BCUT2D eigenvalue weighted by Gasteiger charge is -2.35. The van der Waals surface area contributed by atoms with Crippen LogP contribution in [0.3, 0.4) is 0 Å². The number of hydrogen-bond donors (Lipinski definition) is 0. The maximum Gasteiger partial charge on any atom is 0.410 e. The minimum absolute atomic E-state index is 0.161. The zero-order valence-corrected chi connectivity index (χ0v) is 17.3. The van der Waals surface area contributed by atoms with Gasteiger partial charge in [-0.25, -0.2) is 4.79 Å². The first-order valence-electron chi connectivity index (χ1n) is 10.6. The Hall–Kier alpha value is -0.770. The highest BCUT2D eigenvalue weighted by Gasteiger charge is 2.25. The van der Waals surface area contributed by atoms with Crippen molar-refractivity contribution in [3.63, 3.8) is 0 Å². The van der Waals surface area contributed by atoms with Gasteiger partial charge in [0, 0.05) is 26.2 Å². The van der Waals surface area contributed by atoms with Gasteiger partial charge in [-0.05, 0) is 33.7 Å². The monoisotopic (exact) mass is 354 g/mol.